The molecule has 0 unspecified atom stereocenters. The Morgan fingerprint density at radius 3 is 1.10 bits per heavy atom. The normalized spacial score (nSPS) is 14.4. The summed E-state index contributed by atoms with van der Waals surface area (Å²) in [5.74, 6) is 4.70. The fourth-order valence-corrected chi connectivity index (χ4v) is 19.1. The first-order chi connectivity index (χ1) is 69.4. The number of aryl methyl sites for hydroxylation is 5. The molecule has 5 aliphatic carbocycles. The smallest absolute Gasteiger partial charge is 0.212 e. The molecule has 11 N–H and O–H groups in total. The number of nitriles is 2. The van der Waals surface area contributed by atoms with Crippen molar-refractivity contribution in [2.75, 3.05) is 39.9 Å². The number of rotatable bonds is 17. The lowest BCUT2D eigenvalue weighted by atomic mass is 10.1. The number of H-pyrrole nitrogens is 1. The van der Waals surface area contributed by atoms with Crippen LogP contribution in [0.5, 0.6) is 5.88 Å². The zero-order chi connectivity index (χ0) is 96.0. The number of pyridine rings is 2. The summed E-state index contributed by atoms with van der Waals surface area (Å²) in [5.41, 5.74) is 33.1. The second-order valence-electron chi connectivity index (χ2n) is 32.9. The molecule has 37 nitrogen and oxygen atoms in total. The summed E-state index contributed by atoms with van der Waals surface area (Å²) < 4.78 is 15.0. The average Bonchev–Trinajstić information content (AvgIpc) is 1.63. The van der Waals surface area contributed by atoms with E-state index in [1.165, 1.54) is 22.9 Å². The Kier molecular flexibility index (Phi) is 24.7. The molecule has 0 saturated heterocycles. The summed E-state index contributed by atoms with van der Waals surface area (Å²) in [6, 6.07) is 53.2. The van der Waals surface area contributed by atoms with E-state index in [9.17, 15) is 10.5 Å². The molecule has 14 aromatic heterocycles. The lowest BCUT2D eigenvalue weighted by molar-refractivity contribution is 0.318. The van der Waals surface area contributed by atoms with Gasteiger partial charge in [-0.05, 0) is 201 Å². The van der Waals surface area contributed by atoms with Crippen LogP contribution in [0, 0.1) is 22.7 Å². The standard InChI is InChI=1S/C22H17N7OS.C22H16N6O.C21H18N6O2.C19H16N6O.C18H14N6OS/c1-31-22-14(11-23)3-7-18(26-22)20-21(29-9-8-24-12-19(29)27-20)25-15-4-5-16-13(10-15)2-6-17(16)28-30;23-12-14-1-3-15(4-2-14)21-22(28-10-9-24-13-20(28)26-21)25-17-6-7-18-16(11-17)5-8-19(18)27-29;1-29-19-7-3-14(11-23-19)20-21(27-9-8-22-12-18(27)25-20)24-15-4-5-16-13(10-15)2-6-17(16)26-28;26-24-15-6-3-12-10-13(4-5-14(12)15)22-19-18(16-2-1-7-21-16)23-17-11-20-8-9-25(17)19;25-23-14-4-1-11-7-12(2-3-13(11)14)21-18-17(15-8-20-10-26-15)22-16-9-19-5-6-24(16)18/h3-5,7-10,12,25,30H,2,6H2,1H3;1-4,6-7,9-11,13,25,29H,5,8H2;3-5,7-12,24,28H,2,6H2,1H3;1-2,4-5,7-11,21-22,26H,3,6H2;2-3,5-10,21,25H,1,4H2/b28-17+;27-19+;26-17+;24-15+;23-14+. The molecule has 0 fully saturated rings. The average molecular weight is 1900 g/mol. The molecule has 5 aliphatic rings. The molecule has 0 atom stereocenters. The number of thiazole rings is 1. The minimum Gasteiger partial charge on any atom is -0.481 e. The summed E-state index contributed by atoms with van der Waals surface area (Å²) in [7, 11) is 1.59. The number of nitrogens with zero attached hydrogens (tertiary/aromatic N) is 25. The maximum absolute atomic E-state index is 9.32. The second kappa shape index (κ2) is 39.2. The van der Waals surface area contributed by atoms with Crippen molar-refractivity contribution in [3.63, 3.8) is 0 Å². The molecule has 0 saturated carbocycles. The van der Waals surface area contributed by atoms with Gasteiger partial charge in [0.1, 0.15) is 68.7 Å². The predicted octanol–water partition coefficient (Wildman–Crippen LogP) is 19.4. The highest BCUT2D eigenvalue weighted by atomic mass is 32.2. The summed E-state index contributed by atoms with van der Waals surface area (Å²) >= 11 is 2.98. The summed E-state index contributed by atoms with van der Waals surface area (Å²) in [4.78, 5) is 61.8. The molecule has 0 amide bonds. The van der Waals surface area contributed by atoms with E-state index < -0.39 is 0 Å². The summed E-state index contributed by atoms with van der Waals surface area (Å²) in [6.07, 6.45) is 42.0. The summed E-state index contributed by atoms with van der Waals surface area (Å²) in [6.45, 7) is 0. The van der Waals surface area contributed by atoms with Crippen molar-refractivity contribution >= 4 is 137 Å². The molecule has 0 spiro atoms. The van der Waals surface area contributed by atoms with Gasteiger partial charge >= 0.3 is 0 Å². The van der Waals surface area contributed by atoms with Crippen molar-refractivity contribution in [2.24, 2.45) is 25.8 Å². The van der Waals surface area contributed by atoms with Gasteiger partial charge in [-0.15, -0.1) is 23.1 Å². The second-order valence-corrected chi connectivity index (χ2v) is 34.6. The molecule has 0 bridgehead atoms. The SMILES string of the molecule is COc1ccc(-c2nc3cnccn3c2Nc2ccc3c(c2)CC/C3=N\O)cn1.CSc1nc(-c2nc3cnccn3c2Nc2ccc3c(c2)CC/C3=N\O)ccc1C#N.N#Cc1ccc(-c2nc3cnccn3c2Nc2ccc3c(c2)CC/C3=N\O)cc1.O/N=C1\CCc2cc(Nc3c(-c4ccc[nH]4)nc4cnccn34)ccc21.O/N=C1\CCc2cc(Nc3c(-c4cncs4)nc4cnccn34)ccc21. The van der Waals surface area contributed by atoms with Gasteiger partial charge in [-0.1, -0.05) is 68.2 Å². The number of hydrogen-bond donors (Lipinski definition) is 11. The van der Waals surface area contributed by atoms with Crippen molar-refractivity contribution in [3.05, 3.63) is 335 Å². The van der Waals surface area contributed by atoms with Crippen molar-refractivity contribution in [1.29, 1.82) is 10.5 Å². The van der Waals surface area contributed by atoms with Crippen LogP contribution in [0.4, 0.5) is 57.5 Å². The maximum atomic E-state index is 9.32. The van der Waals surface area contributed by atoms with E-state index in [1.807, 2.05) is 175 Å². The van der Waals surface area contributed by atoms with E-state index in [1.54, 1.807) is 110 Å². The summed E-state index contributed by atoms with van der Waals surface area (Å²) in [5, 5.41) is 99.2. The molecular weight excluding hydrogens is 1820 g/mol. The van der Waals surface area contributed by atoms with Gasteiger partial charge in [-0.2, -0.15) is 10.5 Å². The first kappa shape index (κ1) is 88.7. The zero-order valence-corrected chi connectivity index (χ0v) is 76.7. The molecule has 6 aromatic carbocycles. The Morgan fingerprint density at radius 1 is 0.383 bits per heavy atom. The topological polar surface area (TPSA) is 485 Å². The van der Waals surface area contributed by atoms with Crippen LogP contribution < -0.4 is 31.3 Å². The van der Waals surface area contributed by atoms with E-state index >= 15 is 0 Å². The van der Waals surface area contributed by atoms with Gasteiger partial charge in [-0.25, -0.2) is 34.9 Å². The third-order valence-electron chi connectivity index (χ3n) is 24.7. The minimum atomic E-state index is 0.538. The van der Waals surface area contributed by atoms with Gasteiger partial charge in [0, 0.05) is 154 Å². The molecule has 692 valence electrons. The Hall–Kier alpha value is -18.9. The van der Waals surface area contributed by atoms with Crippen molar-refractivity contribution < 1.29 is 30.8 Å². The highest BCUT2D eigenvalue weighted by Crippen LogP contribution is 2.42. The number of imidazole rings is 5. The monoisotopic (exact) mass is 1900 g/mol. The zero-order valence-electron chi connectivity index (χ0n) is 75.1. The Balaban J connectivity index is 0.000000105. The van der Waals surface area contributed by atoms with E-state index in [0.29, 0.717) is 39.1 Å². The first-order valence-electron chi connectivity index (χ1n) is 44.6. The number of aromatic nitrogens is 19. The van der Waals surface area contributed by atoms with Crippen molar-refractivity contribution in [2.45, 2.75) is 69.2 Å². The number of nitrogens with one attached hydrogen (secondary N) is 6. The number of ether oxygens (including phenoxy) is 1. The lowest BCUT2D eigenvalue weighted by Crippen LogP contribution is -2.00. The van der Waals surface area contributed by atoms with E-state index in [0.717, 1.165) is 262 Å². The predicted molar refractivity (Wildman–Crippen MR) is 537 cm³/mol. The van der Waals surface area contributed by atoms with E-state index in [4.69, 9.17) is 55.7 Å². The third-order valence-corrected chi connectivity index (χ3v) is 26.2. The molecule has 0 aliphatic heterocycles. The van der Waals surface area contributed by atoms with E-state index in [-0.39, 0.29) is 0 Å². The Labute approximate surface area is 809 Å². The molecule has 20 aromatic rings. The number of benzene rings is 6. The number of aromatic amines is 1. The van der Waals surface area contributed by atoms with E-state index in [2.05, 4.69) is 140 Å². The van der Waals surface area contributed by atoms with Crippen LogP contribution in [0.15, 0.2) is 300 Å². The van der Waals surface area contributed by atoms with Gasteiger partial charge in [0.05, 0.1) is 106 Å². The van der Waals surface area contributed by atoms with Gasteiger partial charge in [0.25, 0.3) is 0 Å². The quantitative estimate of drug-likeness (QED) is 0.0229. The van der Waals surface area contributed by atoms with Gasteiger partial charge in [-0.3, -0.25) is 51.9 Å². The molecule has 39 heteroatoms. The molecule has 14 heterocycles. The third kappa shape index (κ3) is 17.8. The first-order valence-corrected chi connectivity index (χ1v) is 46.7. The lowest BCUT2D eigenvalue weighted by Gasteiger charge is -2.11. The van der Waals surface area contributed by atoms with Crippen LogP contribution in [0.25, 0.3) is 84.1 Å². The fraction of sp³-hybridized carbons (Fsp3) is 0.118. The van der Waals surface area contributed by atoms with Crippen LogP contribution in [-0.2, 0) is 32.1 Å². The molecule has 0 radical (unpaired) electrons. The van der Waals surface area contributed by atoms with Gasteiger partial charge in [0.2, 0.25) is 5.88 Å². The highest BCUT2D eigenvalue weighted by molar-refractivity contribution is 7.98. The van der Waals surface area contributed by atoms with Crippen LogP contribution >= 0.6 is 23.1 Å². The largest absolute Gasteiger partial charge is 0.481 e. The van der Waals surface area contributed by atoms with Gasteiger partial charge in [0.15, 0.2) is 28.2 Å². The van der Waals surface area contributed by atoms with Gasteiger partial charge < -0.3 is 62.3 Å². The van der Waals surface area contributed by atoms with Crippen LogP contribution in [-0.4, -0.2) is 160 Å². The molecular formula is C102H81N31O6S2. The van der Waals surface area contributed by atoms with Crippen LogP contribution in [0.3, 0.4) is 0 Å². The Bertz CT molecular complexity index is 8260. The van der Waals surface area contributed by atoms with Crippen LogP contribution in [0.2, 0.25) is 0 Å². The highest BCUT2D eigenvalue weighted by Gasteiger charge is 2.29. The maximum Gasteiger partial charge on any atom is 0.212 e. The number of hydrogen-bond acceptors (Lipinski definition) is 33. The number of methoxy groups -OCH3 is 1. The minimum absolute atomic E-state index is 0.538. The molecule has 25 rings (SSSR count). The fourth-order valence-electron chi connectivity index (χ4n) is 18.0. The number of oxime groups is 5. The number of thioether (sulfide) groups is 1. The molecule has 141 heavy (non-hydrogen) atoms. The van der Waals surface area contributed by atoms with Crippen molar-refractivity contribution in [1.82, 2.24) is 91.8 Å². The van der Waals surface area contributed by atoms with Crippen LogP contribution in [0.1, 0.15) is 98.9 Å². The Morgan fingerprint density at radius 2 is 0.752 bits per heavy atom. The van der Waals surface area contributed by atoms with Crippen molar-refractivity contribution in [3.8, 4) is 73.9 Å². The number of anilines is 10. The number of fused-ring (bicyclic) bond motifs is 10.